The molecule has 4 aromatic carbocycles. The van der Waals surface area contributed by atoms with Crippen molar-refractivity contribution in [3.05, 3.63) is 125 Å². The number of ether oxygens (including phenoxy) is 1. The minimum atomic E-state index is -0.0977. The zero-order chi connectivity index (χ0) is 30.5. The fourth-order valence-electron chi connectivity index (χ4n) is 5.92. The number of hydrogen-bond acceptors (Lipinski definition) is 3. The third-order valence-electron chi connectivity index (χ3n) is 8.30. The van der Waals surface area contributed by atoms with Crippen LogP contribution in [-0.4, -0.2) is 11.7 Å². The molecule has 0 atom stereocenters. The average Bonchev–Trinajstić information content (AvgIpc) is 2.97. The van der Waals surface area contributed by atoms with E-state index in [1.165, 1.54) is 11.1 Å². The van der Waals surface area contributed by atoms with Crippen LogP contribution in [0.15, 0.2) is 103 Å². The zero-order valence-corrected chi connectivity index (χ0v) is 26.8. The summed E-state index contributed by atoms with van der Waals surface area (Å²) in [5.41, 5.74) is 9.78. The molecule has 5 heteroatoms. The fourth-order valence-corrected chi connectivity index (χ4v) is 6.22. The van der Waals surface area contributed by atoms with Crippen LogP contribution in [0.4, 0.5) is 17.1 Å². The summed E-state index contributed by atoms with van der Waals surface area (Å²) in [7, 11) is 0. The van der Waals surface area contributed by atoms with E-state index in [-0.39, 0.29) is 17.5 Å². The van der Waals surface area contributed by atoms with E-state index in [0.29, 0.717) is 5.02 Å². The largest absolute Gasteiger partial charge is 0.458 e. The van der Waals surface area contributed by atoms with Gasteiger partial charge in [0.05, 0.1) is 22.6 Å². The maximum atomic E-state index is 7.55. The molecule has 5 aromatic rings. The third kappa shape index (κ3) is 5.57. The molecule has 0 unspecified atom stereocenters. The number of halogens is 1. The standard InChI is InChI=1S/C38H38BClN2O/c1-25-20-32(36(40)33(21-25)42(28-12-9-8-10-13-28)29-14-11-19-41-24-29)39-30-17-15-26(37(2,3)4)22-34(30)43-35-23-27(38(5,6)7)16-18-31(35)39/h8-24H,1-7H3. The minimum absolute atomic E-state index is 0.00449. The first kappa shape index (κ1) is 29.1. The molecule has 0 N–H and O–H groups in total. The van der Waals surface area contributed by atoms with Gasteiger partial charge in [-0.3, -0.25) is 4.98 Å². The number of para-hydroxylation sites is 1. The van der Waals surface area contributed by atoms with Crippen LogP contribution in [0.2, 0.25) is 5.02 Å². The van der Waals surface area contributed by atoms with Gasteiger partial charge in [0.1, 0.15) is 11.5 Å². The molecule has 0 saturated carbocycles. The highest BCUT2D eigenvalue weighted by Gasteiger charge is 2.36. The van der Waals surface area contributed by atoms with Crippen molar-refractivity contribution in [1.29, 1.82) is 0 Å². The first-order valence-corrected chi connectivity index (χ1v) is 15.3. The first-order valence-electron chi connectivity index (χ1n) is 14.9. The number of hydrogen-bond donors (Lipinski definition) is 0. The number of aromatic nitrogens is 1. The lowest BCUT2D eigenvalue weighted by molar-refractivity contribution is 0.479. The van der Waals surface area contributed by atoms with E-state index in [1.54, 1.807) is 6.20 Å². The Kier molecular flexibility index (Phi) is 7.38. The third-order valence-corrected chi connectivity index (χ3v) is 8.71. The first-order chi connectivity index (χ1) is 20.4. The Balaban J connectivity index is 1.60. The van der Waals surface area contributed by atoms with E-state index in [0.717, 1.165) is 50.5 Å². The van der Waals surface area contributed by atoms with Gasteiger partial charge in [-0.05, 0) is 93.3 Å². The SMILES string of the molecule is Cc1cc(B2c3ccc(C(C)(C)C)cc3Oc3cc(C(C)(C)C)ccc32)c(Cl)c(N(c2ccccc2)c2cccnc2)c1. The predicted octanol–water partition coefficient (Wildman–Crippen LogP) is 8.73. The Morgan fingerprint density at radius 3 is 1.79 bits per heavy atom. The van der Waals surface area contributed by atoms with Crippen molar-refractivity contribution >= 4 is 51.8 Å². The molecule has 0 saturated heterocycles. The van der Waals surface area contributed by atoms with E-state index in [1.807, 2.05) is 30.5 Å². The summed E-state index contributed by atoms with van der Waals surface area (Å²) in [6.45, 7) is 15.5. The van der Waals surface area contributed by atoms with Gasteiger partial charge in [0, 0.05) is 11.9 Å². The topological polar surface area (TPSA) is 25.4 Å². The van der Waals surface area contributed by atoms with E-state index in [2.05, 4.69) is 125 Å². The molecule has 0 amide bonds. The molecule has 0 fully saturated rings. The molecule has 43 heavy (non-hydrogen) atoms. The van der Waals surface area contributed by atoms with Crippen molar-refractivity contribution in [1.82, 2.24) is 4.98 Å². The predicted molar refractivity (Wildman–Crippen MR) is 184 cm³/mol. The summed E-state index contributed by atoms with van der Waals surface area (Å²) in [4.78, 5) is 6.63. The molecular formula is C38H38BClN2O. The molecule has 0 radical (unpaired) electrons. The van der Waals surface area contributed by atoms with Crippen molar-refractivity contribution in [2.75, 3.05) is 4.90 Å². The number of rotatable bonds is 4. The van der Waals surface area contributed by atoms with Gasteiger partial charge in [-0.25, -0.2) is 0 Å². The van der Waals surface area contributed by atoms with E-state index < -0.39 is 0 Å². The van der Waals surface area contributed by atoms with Gasteiger partial charge in [0.15, 0.2) is 0 Å². The molecule has 3 nitrogen and oxygen atoms in total. The van der Waals surface area contributed by atoms with Crippen molar-refractivity contribution in [2.45, 2.75) is 59.3 Å². The van der Waals surface area contributed by atoms with E-state index >= 15 is 0 Å². The van der Waals surface area contributed by atoms with Crippen molar-refractivity contribution in [2.24, 2.45) is 0 Å². The van der Waals surface area contributed by atoms with Crippen LogP contribution < -0.4 is 26.0 Å². The summed E-state index contributed by atoms with van der Waals surface area (Å²) in [6.07, 6.45) is 3.68. The Hall–Kier alpha value is -4.02. The summed E-state index contributed by atoms with van der Waals surface area (Å²) in [5.74, 6) is 1.78. The molecule has 1 aliphatic rings. The maximum Gasteiger partial charge on any atom is 0.252 e. The molecule has 6 rings (SSSR count). The lowest BCUT2D eigenvalue weighted by Crippen LogP contribution is -2.55. The summed E-state index contributed by atoms with van der Waals surface area (Å²) in [5, 5.41) is 0.710. The number of nitrogens with zero attached hydrogens (tertiary/aromatic N) is 2. The lowest BCUT2D eigenvalue weighted by Gasteiger charge is -2.32. The van der Waals surface area contributed by atoms with Crippen LogP contribution in [0.5, 0.6) is 11.5 Å². The lowest BCUT2D eigenvalue weighted by atomic mass is 9.35. The fraction of sp³-hybridized carbons (Fsp3) is 0.237. The summed E-state index contributed by atoms with van der Waals surface area (Å²) >= 11 is 7.55. The monoisotopic (exact) mass is 584 g/mol. The molecule has 0 bridgehead atoms. The molecule has 1 aliphatic heterocycles. The molecule has 2 heterocycles. The highest BCUT2D eigenvalue weighted by Crippen LogP contribution is 2.39. The second-order valence-corrected chi connectivity index (χ2v) is 14.0. The van der Waals surface area contributed by atoms with Gasteiger partial charge in [0.2, 0.25) is 0 Å². The Bertz CT molecular complexity index is 1690. The van der Waals surface area contributed by atoms with E-state index in [4.69, 9.17) is 16.3 Å². The molecule has 1 aromatic heterocycles. The number of pyridine rings is 1. The Morgan fingerprint density at radius 2 is 1.26 bits per heavy atom. The van der Waals surface area contributed by atoms with Gasteiger partial charge >= 0.3 is 0 Å². The Morgan fingerprint density at radius 1 is 0.674 bits per heavy atom. The maximum absolute atomic E-state index is 7.55. The second kappa shape index (κ2) is 10.9. The Labute approximate surface area is 261 Å². The highest BCUT2D eigenvalue weighted by atomic mass is 35.5. The summed E-state index contributed by atoms with van der Waals surface area (Å²) in [6, 6.07) is 32.1. The van der Waals surface area contributed by atoms with Crippen LogP contribution in [0.3, 0.4) is 0 Å². The van der Waals surface area contributed by atoms with Gasteiger partial charge in [-0.1, -0.05) is 102 Å². The van der Waals surface area contributed by atoms with Crippen molar-refractivity contribution < 1.29 is 4.74 Å². The van der Waals surface area contributed by atoms with E-state index in [9.17, 15) is 0 Å². The minimum Gasteiger partial charge on any atom is -0.458 e. The zero-order valence-electron chi connectivity index (χ0n) is 26.1. The quantitative estimate of drug-likeness (QED) is 0.194. The van der Waals surface area contributed by atoms with Crippen LogP contribution in [0.25, 0.3) is 0 Å². The van der Waals surface area contributed by atoms with Crippen molar-refractivity contribution in [3.8, 4) is 11.5 Å². The second-order valence-electron chi connectivity index (χ2n) is 13.6. The van der Waals surface area contributed by atoms with Gasteiger partial charge in [-0.15, -0.1) is 0 Å². The van der Waals surface area contributed by atoms with Gasteiger partial charge in [0.25, 0.3) is 6.71 Å². The molecule has 216 valence electrons. The van der Waals surface area contributed by atoms with Crippen LogP contribution in [-0.2, 0) is 10.8 Å². The van der Waals surface area contributed by atoms with Gasteiger partial charge < -0.3 is 9.64 Å². The molecule has 0 spiro atoms. The van der Waals surface area contributed by atoms with Crippen molar-refractivity contribution in [3.63, 3.8) is 0 Å². The highest BCUT2D eigenvalue weighted by molar-refractivity contribution is 6.98. The molecular weight excluding hydrogens is 547 g/mol. The number of benzene rings is 4. The smallest absolute Gasteiger partial charge is 0.252 e. The normalized spacial score (nSPS) is 12.8. The summed E-state index contributed by atoms with van der Waals surface area (Å²) < 4.78 is 6.73. The van der Waals surface area contributed by atoms with Crippen LogP contribution >= 0.6 is 11.6 Å². The van der Waals surface area contributed by atoms with Gasteiger partial charge in [-0.2, -0.15) is 0 Å². The number of aryl methyl sites for hydroxylation is 1. The number of fused-ring (bicyclic) bond motifs is 2. The van der Waals surface area contributed by atoms with Crippen LogP contribution in [0.1, 0.15) is 58.2 Å². The average molecular weight is 585 g/mol. The van der Waals surface area contributed by atoms with Crippen LogP contribution in [0, 0.1) is 6.92 Å². The molecule has 0 aliphatic carbocycles. The number of anilines is 3.